The number of halogens is 1. The average Bonchev–Trinajstić information content (AvgIpc) is 2.67. The molecule has 2 aromatic rings. The van der Waals surface area contributed by atoms with Gasteiger partial charge in [-0.05, 0) is 36.4 Å². The molecule has 0 spiro atoms. The van der Waals surface area contributed by atoms with Crippen molar-refractivity contribution < 1.29 is 14.4 Å². The van der Waals surface area contributed by atoms with E-state index in [2.05, 4.69) is 16.0 Å². The number of para-hydroxylation sites is 1. The fourth-order valence-corrected chi connectivity index (χ4v) is 2.47. The predicted octanol–water partition coefficient (Wildman–Crippen LogP) is 2.28. The molecular weight excluding hydrogens is 356 g/mol. The van der Waals surface area contributed by atoms with Crippen LogP contribution in [0.4, 0.5) is 5.69 Å². The fraction of sp³-hybridized carbons (Fsp3) is 0.111. The van der Waals surface area contributed by atoms with E-state index in [0.717, 1.165) is 0 Å². The van der Waals surface area contributed by atoms with Crippen LogP contribution in [0.15, 0.2) is 59.7 Å². The van der Waals surface area contributed by atoms with E-state index in [4.69, 9.17) is 11.6 Å². The molecule has 1 aliphatic rings. The number of hydrazone groups is 1. The summed E-state index contributed by atoms with van der Waals surface area (Å²) in [5.74, 6) is -1.25. The second-order valence-corrected chi connectivity index (χ2v) is 5.94. The van der Waals surface area contributed by atoms with Crippen molar-refractivity contribution in [1.29, 1.82) is 0 Å². The van der Waals surface area contributed by atoms with Gasteiger partial charge in [-0.1, -0.05) is 29.8 Å². The summed E-state index contributed by atoms with van der Waals surface area (Å²) in [6.07, 6.45) is 0.358. The summed E-state index contributed by atoms with van der Waals surface area (Å²) in [5.41, 5.74) is 5.71. The first kappa shape index (κ1) is 17.6. The second-order valence-electron chi connectivity index (χ2n) is 5.50. The number of nitrogens with zero attached hydrogens (tertiary/aromatic N) is 2. The molecule has 7 nitrogen and oxygen atoms in total. The Morgan fingerprint density at radius 1 is 0.923 bits per heavy atom. The van der Waals surface area contributed by atoms with Gasteiger partial charge in [-0.15, -0.1) is 0 Å². The highest BCUT2D eigenvalue weighted by Gasteiger charge is 2.25. The van der Waals surface area contributed by atoms with Crippen LogP contribution in [-0.4, -0.2) is 23.4 Å². The highest BCUT2D eigenvalue weighted by molar-refractivity contribution is 6.40. The van der Waals surface area contributed by atoms with Crippen molar-refractivity contribution in [2.75, 3.05) is 5.01 Å². The highest BCUT2D eigenvalue weighted by atomic mass is 35.5. The van der Waals surface area contributed by atoms with Crippen molar-refractivity contribution in [3.63, 3.8) is 0 Å². The molecule has 1 aliphatic heterocycles. The van der Waals surface area contributed by atoms with Crippen molar-refractivity contribution in [1.82, 2.24) is 10.9 Å². The summed E-state index contributed by atoms with van der Waals surface area (Å²) >= 11 is 5.77. The van der Waals surface area contributed by atoms with Crippen LogP contribution in [0.25, 0.3) is 0 Å². The van der Waals surface area contributed by atoms with Gasteiger partial charge < -0.3 is 0 Å². The van der Waals surface area contributed by atoms with Gasteiger partial charge in [0.2, 0.25) is 5.91 Å². The molecule has 0 unspecified atom stereocenters. The molecule has 0 radical (unpaired) electrons. The van der Waals surface area contributed by atoms with Crippen LogP contribution in [0.5, 0.6) is 0 Å². The minimum absolute atomic E-state index is 0.157. The van der Waals surface area contributed by atoms with Crippen molar-refractivity contribution in [2.45, 2.75) is 12.8 Å². The fourth-order valence-electron chi connectivity index (χ4n) is 2.35. The van der Waals surface area contributed by atoms with E-state index in [1.807, 2.05) is 6.07 Å². The highest BCUT2D eigenvalue weighted by Crippen LogP contribution is 2.19. The summed E-state index contributed by atoms with van der Waals surface area (Å²) in [5, 5.41) is 5.82. The smallest absolute Gasteiger partial charge is 0.273 e. The lowest BCUT2D eigenvalue weighted by molar-refractivity contribution is -0.119. The molecule has 2 aromatic carbocycles. The number of carbonyl (C=O) groups excluding carboxylic acids is 3. The van der Waals surface area contributed by atoms with Crippen LogP contribution in [0.1, 0.15) is 23.2 Å². The molecule has 0 fully saturated rings. The van der Waals surface area contributed by atoms with Crippen LogP contribution in [-0.2, 0) is 9.59 Å². The van der Waals surface area contributed by atoms with Gasteiger partial charge in [-0.2, -0.15) is 5.10 Å². The molecule has 132 valence electrons. The number of hydrogen-bond donors (Lipinski definition) is 2. The quantitative estimate of drug-likeness (QED) is 0.812. The van der Waals surface area contributed by atoms with Gasteiger partial charge in [-0.3, -0.25) is 25.2 Å². The minimum atomic E-state index is -0.569. The van der Waals surface area contributed by atoms with Crippen molar-refractivity contribution in [2.24, 2.45) is 5.10 Å². The molecule has 0 bridgehead atoms. The molecule has 0 atom stereocenters. The molecule has 26 heavy (non-hydrogen) atoms. The lowest BCUT2D eigenvalue weighted by Crippen LogP contribution is -2.47. The molecule has 0 saturated carbocycles. The zero-order valence-corrected chi connectivity index (χ0v) is 14.4. The van der Waals surface area contributed by atoms with Gasteiger partial charge >= 0.3 is 0 Å². The molecule has 2 N–H and O–H groups in total. The Kier molecular flexibility index (Phi) is 5.28. The van der Waals surface area contributed by atoms with E-state index in [-0.39, 0.29) is 24.5 Å². The zero-order valence-electron chi connectivity index (χ0n) is 13.6. The SMILES string of the molecule is O=C(NNC(=O)c1ccc(Cl)cc1)C1=NN(c2ccccc2)C(=O)CC1. The van der Waals surface area contributed by atoms with Crippen LogP contribution < -0.4 is 15.9 Å². The summed E-state index contributed by atoms with van der Waals surface area (Å²) in [4.78, 5) is 36.3. The first-order chi connectivity index (χ1) is 12.5. The normalized spacial score (nSPS) is 13.8. The van der Waals surface area contributed by atoms with Gasteiger partial charge in [0.25, 0.3) is 11.8 Å². The summed E-state index contributed by atoms with van der Waals surface area (Å²) in [6.45, 7) is 0. The monoisotopic (exact) mass is 370 g/mol. The number of amides is 3. The van der Waals surface area contributed by atoms with Crippen molar-refractivity contribution in [3.8, 4) is 0 Å². The Morgan fingerprint density at radius 3 is 2.27 bits per heavy atom. The molecule has 1 heterocycles. The molecule has 3 amide bonds. The predicted molar refractivity (Wildman–Crippen MR) is 97.7 cm³/mol. The standard InChI is InChI=1S/C18H15ClN4O3/c19-13-8-6-12(7-9-13)17(25)20-21-18(26)15-10-11-16(24)23(22-15)14-4-2-1-3-5-14/h1-9H,10-11H2,(H,20,25)(H,21,26). The van der Waals surface area contributed by atoms with Gasteiger partial charge in [0.15, 0.2) is 0 Å². The van der Waals surface area contributed by atoms with E-state index >= 15 is 0 Å². The number of benzene rings is 2. The van der Waals surface area contributed by atoms with Crippen molar-refractivity contribution in [3.05, 3.63) is 65.2 Å². The van der Waals surface area contributed by atoms with Gasteiger partial charge in [0.05, 0.1) is 5.69 Å². The number of anilines is 1. The third-order valence-electron chi connectivity index (χ3n) is 3.69. The van der Waals surface area contributed by atoms with E-state index < -0.39 is 11.8 Å². The number of nitrogens with one attached hydrogen (secondary N) is 2. The number of hydrazine groups is 1. The first-order valence-electron chi connectivity index (χ1n) is 7.86. The lowest BCUT2D eigenvalue weighted by atomic mass is 10.1. The van der Waals surface area contributed by atoms with Crippen LogP contribution in [0, 0.1) is 0 Å². The first-order valence-corrected chi connectivity index (χ1v) is 8.24. The molecule has 0 saturated heterocycles. The summed E-state index contributed by atoms with van der Waals surface area (Å²) < 4.78 is 0. The number of rotatable bonds is 3. The Labute approximate surface area is 154 Å². The summed E-state index contributed by atoms with van der Waals surface area (Å²) in [7, 11) is 0. The number of carbonyl (C=O) groups is 3. The van der Waals surface area contributed by atoms with E-state index in [9.17, 15) is 14.4 Å². The third kappa shape index (κ3) is 4.07. The Hall–Kier alpha value is -3.19. The maximum absolute atomic E-state index is 12.3. The van der Waals surface area contributed by atoms with Crippen LogP contribution in [0.3, 0.4) is 0 Å². The van der Waals surface area contributed by atoms with E-state index in [1.165, 1.54) is 17.1 Å². The minimum Gasteiger partial charge on any atom is -0.273 e. The van der Waals surface area contributed by atoms with E-state index in [1.54, 1.807) is 36.4 Å². The largest absolute Gasteiger partial charge is 0.285 e. The maximum atomic E-state index is 12.3. The van der Waals surface area contributed by atoms with E-state index in [0.29, 0.717) is 16.3 Å². The maximum Gasteiger partial charge on any atom is 0.285 e. The average molecular weight is 371 g/mol. The third-order valence-corrected chi connectivity index (χ3v) is 3.94. The van der Waals surface area contributed by atoms with Gasteiger partial charge in [-0.25, -0.2) is 5.01 Å². The zero-order chi connectivity index (χ0) is 18.5. The molecular formula is C18H15ClN4O3. The number of hydrogen-bond acceptors (Lipinski definition) is 4. The topological polar surface area (TPSA) is 90.9 Å². The Morgan fingerprint density at radius 2 is 1.58 bits per heavy atom. The second kappa shape index (κ2) is 7.79. The Balaban J connectivity index is 1.66. The van der Waals surface area contributed by atoms with Gasteiger partial charge in [0, 0.05) is 23.4 Å². The van der Waals surface area contributed by atoms with Crippen LogP contribution in [0.2, 0.25) is 5.02 Å². The summed E-state index contributed by atoms with van der Waals surface area (Å²) in [6, 6.07) is 15.1. The van der Waals surface area contributed by atoms with Crippen LogP contribution >= 0.6 is 11.6 Å². The Bertz CT molecular complexity index is 866. The molecule has 0 aliphatic carbocycles. The lowest BCUT2D eigenvalue weighted by Gasteiger charge is -2.23. The molecule has 3 rings (SSSR count). The van der Waals surface area contributed by atoms with Crippen molar-refractivity contribution >= 4 is 40.7 Å². The molecule has 8 heteroatoms. The molecule has 0 aromatic heterocycles. The van der Waals surface area contributed by atoms with Gasteiger partial charge in [0.1, 0.15) is 5.71 Å².